The number of hydrogen-bond donors (Lipinski definition) is 0. The van der Waals surface area contributed by atoms with Gasteiger partial charge in [-0.3, -0.25) is 9.59 Å². The molecule has 2 aromatic carbocycles. The first kappa shape index (κ1) is 20.2. The molecule has 3 aromatic rings. The van der Waals surface area contributed by atoms with Crippen LogP contribution in [0.3, 0.4) is 0 Å². The Morgan fingerprint density at radius 2 is 1.79 bits per heavy atom. The second-order valence-electron chi connectivity index (χ2n) is 6.47. The van der Waals surface area contributed by atoms with Crippen molar-refractivity contribution in [1.82, 2.24) is 4.57 Å². The Hall–Kier alpha value is -2.56. The number of carbonyl (C=O) groups excluding carboxylic acids is 1. The lowest BCUT2D eigenvalue weighted by Gasteiger charge is -2.23. The Morgan fingerprint density at radius 3 is 2.46 bits per heavy atom. The summed E-state index contributed by atoms with van der Waals surface area (Å²) in [5, 5.41) is 0.884. The topological polar surface area (TPSA) is 42.3 Å². The predicted molar refractivity (Wildman–Crippen MR) is 115 cm³/mol. The highest BCUT2D eigenvalue weighted by Crippen LogP contribution is 2.23. The summed E-state index contributed by atoms with van der Waals surface area (Å²) in [7, 11) is 0. The van der Waals surface area contributed by atoms with Gasteiger partial charge in [-0.25, -0.2) is 0 Å². The lowest BCUT2D eigenvalue weighted by atomic mass is 10.1. The summed E-state index contributed by atoms with van der Waals surface area (Å²) in [6.45, 7) is 4.72. The van der Waals surface area contributed by atoms with Gasteiger partial charge in [-0.15, -0.1) is 0 Å². The molecule has 0 aliphatic heterocycles. The molecule has 0 N–H and O–H groups in total. The van der Waals surface area contributed by atoms with Crippen LogP contribution in [0.4, 0.5) is 5.69 Å². The quantitative estimate of drug-likeness (QED) is 0.577. The highest BCUT2D eigenvalue weighted by Gasteiger charge is 2.18. The van der Waals surface area contributed by atoms with E-state index in [9.17, 15) is 9.59 Å². The van der Waals surface area contributed by atoms with E-state index in [0.717, 1.165) is 16.8 Å². The normalized spacial score (nSPS) is 10.7. The van der Waals surface area contributed by atoms with Crippen LogP contribution in [0.5, 0.6) is 0 Å². The maximum atomic E-state index is 13.1. The lowest BCUT2D eigenvalue weighted by molar-refractivity contribution is 0.0987. The lowest BCUT2D eigenvalue weighted by Crippen LogP contribution is -2.32. The number of rotatable bonds is 5. The van der Waals surface area contributed by atoms with Gasteiger partial charge in [0.25, 0.3) is 11.5 Å². The maximum absolute atomic E-state index is 13.1. The molecule has 1 aromatic heterocycles. The van der Waals surface area contributed by atoms with Crippen LogP contribution < -0.4 is 10.5 Å². The first-order valence-corrected chi connectivity index (χ1v) is 9.68. The van der Waals surface area contributed by atoms with E-state index in [-0.39, 0.29) is 11.5 Å². The Labute approximate surface area is 173 Å². The number of anilines is 1. The molecule has 0 bridgehead atoms. The summed E-state index contributed by atoms with van der Waals surface area (Å²) in [6.07, 6.45) is 1.59. The third-order valence-corrected chi connectivity index (χ3v) is 5.27. The van der Waals surface area contributed by atoms with Crippen molar-refractivity contribution in [3.8, 4) is 0 Å². The first-order valence-electron chi connectivity index (χ1n) is 8.92. The molecule has 0 spiro atoms. The molecular weight excluding hydrogens is 395 g/mol. The van der Waals surface area contributed by atoms with Gasteiger partial charge in [0.15, 0.2) is 0 Å². The molecule has 3 rings (SSSR count). The van der Waals surface area contributed by atoms with Gasteiger partial charge in [-0.1, -0.05) is 47.5 Å². The summed E-state index contributed by atoms with van der Waals surface area (Å²) in [5.74, 6) is -0.153. The van der Waals surface area contributed by atoms with E-state index >= 15 is 0 Å². The number of pyridine rings is 1. The minimum Gasteiger partial charge on any atom is -0.310 e. The van der Waals surface area contributed by atoms with Crippen molar-refractivity contribution in [2.75, 3.05) is 11.4 Å². The fraction of sp³-hybridized carbons (Fsp3) is 0.182. The van der Waals surface area contributed by atoms with E-state index in [1.165, 1.54) is 10.6 Å². The van der Waals surface area contributed by atoms with Gasteiger partial charge in [0.05, 0.1) is 22.2 Å². The van der Waals surface area contributed by atoms with Crippen molar-refractivity contribution in [2.24, 2.45) is 0 Å². The van der Waals surface area contributed by atoms with Crippen LogP contribution in [-0.4, -0.2) is 17.0 Å². The van der Waals surface area contributed by atoms with E-state index in [2.05, 4.69) is 0 Å². The van der Waals surface area contributed by atoms with Gasteiger partial charge < -0.3 is 9.47 Å². The van der Waals surface area contributed by atoms with Crippen LogP contribution in [0.25, 0.3) is 0 Å². The number of amides is 1. The van der Waals surface area contributed by atoms with Crippen LogP contribution in [0, 0.1) is 6.92 Å². The van der Waals surface area contributed by atoms with Gasteiger partial charge >= 0.3 is 0 Å². The fourth-order valence-corrected chi connectivity index (χ4v) is 3.38. The molecule has 4 nitrogen and oxygen atoms in total. The summed E-state index contributed by atoms with van der Waals surface area (Å²) < 4.78 is 1.50. The number of carbonyl (C=O) groups is 1. The zero-order valence-corrected chi connectivity index (χ0v) is 17.2. The average molecular weight is 415 g/mol. The number of hydrogen-bond acceptors (Lipinski definition) is 2. The summed E-state index contributed by atoms with van der Waals surface area (Å²) in [5.41, 5.74) is 2.96. The minimum absolute atomic E-state index is 0.153. The molecule has 144 valence electrons. The molecule has 0 radical (unpaired) electrons. The average Bonchev–Trinajstić information content (AvgIpc) is 2.68. The van der Waals surface area contributed by atoms with Crippen molar-refractivity contribution in [3.05, 3.63) is 97.9 Å². The van der Waals surface area contributed by atoms with Crippen molar-refractivity contribution in [1.29, 1.82) is 0 Å². The molecule has 28 heavy (non-hydrogen) atoms. The molecule has 1 amide bonds. The van der Waals surface area contributed by atoms with Crippen molar-refractivity contribution < 1.29 is 4.79 Å². The zero-order valence-electron chi connectivity index (χ0n) is 15.7. The minimum atomic E-state index is -0.193. The third kappa shape index (κ3) is 4.29. The van der Waals surface area contributed by atoms with Crippen LogP contribution in [0.1, 0.15) is 28.4 Å². The standard InChI is InChI=1S/C22H20Cl2N2O2/c1-3-26(20-7-5-4-6-15(20)2)22(28)17-9-11-21(27)25(14-17)13-16-8-10-18(23)19(24)12-16/h4-12,14H,3,13H2,1-2H3. The predicted octanol–water partition coefficient (Wildman–Crippen LogP) is 5.18. The maximum Gasteiger partial charge on any atom is 0.259 e. The van der Waals surface area contributed by atoms with Crippen molar-refractivity contribution >= 4 is 34.8 Å². The van der Waals surface area contributed by atoms with Crippen LogP contribution in [0.15, 0.2) is 65.6 Å². The number of para-hydroxylation sites is 1. The Balaban J connectivity index is 1.93. The number of aromatic nitrogens is 1. The SMILES string of the molecule is CCN(C(=O)c1ccc(=O)n(Cc2ccc(Cl)c(Cl)c2)c1)c1ccccc1C. The number of aryl methyl sites for hydroxylation is 1. The van der Waals surface area contributed by atoms with Crippen molar-refractivity contribution in [2.45, 2.75) is 20.4 Å². The highest BCUT2D eigenvalue weighted by atomic mass is 35.5. The molecule has 0 atom stereocenters. The van der Waals surface area contributed by atoms with Crippen LogP contribution >= 0.6 is 23.2 Å². The fourth-order valence-electron chi connectivity index (χ4n) is 3.06. The molecule has 0 saturated heterocycles. The monoisotopic (exact) mass is 414 g/mol. The van der Waals surface area contributed by atoms with E-state index in [1.807, 2.05) is 38.1 Å². The van der Waals surface area contributed by atoms with E-state index in [4.69, 9.17) is 23.2 Å². The molecule has 6 heteroatoms. The number of halogens is 2. The van der Waals surface area contributed by atoms with Crippen LogP contribution in [-0.2, 0) is 6.54 Å². The van der Waals surface area contributed by atoms with Gasteiger partial charge in [0.1, 0.15) is 0 Å². The zero-order chi connectivity index (χ0) is 20.3. The van der Waals surface area contributed by atoms with Gasteiger partial charge in [-0.05, 0) is 49.2 Å². The largest absolute Gasteiger partial charge is 0.310 e. The first-order chi connectivity index (χ1) is 13.4. The summed E-state index contributed by atoms with van der Waals surface area (Å²) >= 11 is 12.0. The van der Waals surface area contributed by atoms with Gasteiger partial charge in [-0.2, -0.15) is 0 Å². The van der Waals surface area contributed by atoms with Gasteiger partial charge in [0, 0.05) is 24.5 Å². The number of nitrogens with zero attached hydrogens (tertiary/aromatic N) is 2. The molecule has 0 unspecified atom stereocenters. The van der Waals surface area contributed by atoms with Crippen LogP contribution in [0.2, 0.25) is 10.0 Å². The van der Waals surface area contributed by atoms with Gasteiger partial charge in [0.2, 0.25) is 0 Å². The number of benzene rings is 2. The summed E-state index contributed by atoms with van der Waals surface area (Å²) in [4.78, 5) is 27.1. The van der Waals surface area contributed by atoms with Crippen molar-refractivity contribution in [3.63, 3.8) is 0 Å². The Kier molecular flexibility index (Phi) is 6.22. The molecule has 1 heterocycles. The highest BCUT2D eigenvalue weighted by molar-refractivity contribution is 6.42. The van der Waals surface area contributed by atoms with E-state index in [1.54, 1.807) is 35.4 Å². The molecule has 0 saturated carbocycles. The second-order valence-corrected chi connectivity index (χ2v) is 7.28. The Morgan fingerprint density at radius 1 is 1.04 bits per heavy atom. The second kappa shape index (κ2) is 8.63. The molecule has 0 fully saturated rings. The molecule has 0 aliphatic carbocycles. The summed E-state index contributed by atoms with van der Waals surface area (Å²) in [6, 6.07) is 15.9. The van der Waals surface area contributed by atoms with E-state index in [0.29, 0.717) is 28.7 Å². The van der Waals surface area contributed by atoms with E-state index < -0.39 is 0 Å². The molecular formula is C22H20Cl2N2O2. The smallest absolute Gasteiger partial charge is 0.259 e. The Bertz CT molecular complexity index is 1080. The molecule has 0 aliphatic rings. The third-order valence-electron chi connectivity index (χ3n) is 4.53.